The molecule has 0 spiro atoms. The quantitative estimate of drug-likeness (QED) is 0.0902. The molecule has 66 heavy (non-hydrogen) atoms. The van der Waals surface area contributed by atoms with Gasteiger partial charge in [0, 0.05) is 37.3 Å². The number of carbonyl (C=O) groups is 4. The van der Waals surface area contributed by atoms with Crippen LogP contribution in [0.15, 0.2) is 103 Å². The Balaban J connectivity index is 0.832. The molecule has 340 valence electrons. The number of nitrogens with zero attached hydrogens (tertiary/aromatic N) is 3. The molecule has 4 aliphatic heterocycles. The molecule has 15 nitrogen and oxygen atoms in total. The number of hydrogen-bond donors (Lipinski definition) is 5. The van der Waals surface area contributed by atoms with Gasteiger partial charge in [0.1, 0.15) is 24.1 Å². The number of aromatic amines is 1. The lowest BCUT2D eigenvalue weighted by molar-refractivity contribution is -0.136. The average Bonchev–Trinajstić information content (AvgIpc) is 4.21. The van der Waals surface area contributed by atoms with Crippen molar-refractivity contribution in [3.8, 4) is 22.4 Å². The van der Waals surface area contributed by atoms with E-state index >= 15 is 0 Å². The zero-order valence-electron chi connectivity index (χ0n) is 37.0. The van der Waals surface area contributed by atoms with Crippen LogP contribution in [0.3, 0.4) is 0 Å². The lowest BCUT2D eigenvalue weighted by Gasteiger charge is -2.36. The van der Waals surface area contributed by atoms with E-state index in [4.69, 9.17) is 19.2 Å². The average molecular weight is 891 g/mol. The molecule has 4 amide bonds. The summed E-state index contributed by atoms with van der Waals surface area (Å²) in [6, 6.07) is 31.0. The van der Waals surface area contributed by atoms with Gasteiger partial charge >= 0.3 is 12.2 Å². The van der Waals surface area contributed by atoms with Gasteiger partial charge in [0.05, 0.1) is 49.6 Å². The van der Waals surface area contributed by atoms with E-state index in [0.717, 1.165) is 81.0 Å². The van der Waals surface area contributed by atoms with Crippen molar-refractivity contribution in [3.05, 3.63) is 115 Å². The van der Waals surface area contributed by atoms with Crippen LogP contribution in [-0.4, -0.2) is 103 Å². The SMILES string of the molecule is COC(=O)N[C@H](C(=O)N1CCC[C@H]1C1Nc2ccc3cc(-c4ccc5cc(-c6cnc([C@@H]7CCCN7C(=O)[C@H](NC(=O)OC)c7ccccc7)[nH]6)ccc5c4)ccc3c2N1)C1CCOCC1. The number of methoxy groups -OCH3 is 2. The van der Waals surface area contributed by atoms with E-state index in [9.17, 15) is 19.2 Å². The van der Waals surface area contributed by atoms with Crippen molar-refractivity contribution in [3.63, 3.8) is 0 Å². The number of rotatable bonds is 10. The summed E-state index contributed by atoms with van der Waals surface area (Å²) >= 11 is 0. The summed E-state index contributed by atoms with van der Waals surface area (Å²) in [6.45, 7) is 2.32. The van der Waals surface area contributed by atoms with Gasteiger partial charge in [-0.05, 0) is 102 Å². The number of carbonyl (C=O) groups excluding carboxylic acids is 4. The van der Waals surface area contributed by atoms with Crippen LogP contribution in [0.1, 0.15) is 62.0 Å². The van der Waals surface area contributed by atoms with Gasteiger partial charge < -0.3 is 50.3 Å². The van der Waals surface area contributed by atoms with E-state index in [1.807, 2.05) is 41.4 Å². The van der Waals surface area contributed by atoms with Crippen LogP contribution < -0.4 is 21.3 Å². The summed E-state index contributed by atoms with van der Waals surface area (Å²) in [5.41, 5.74) is 6.75. The van der Waals surface area contributed by atoms with Crippen molar-refractivity contribution < 1.29 is 33.4 Å². The van der Waals surface area contributed by atoms with E-state index in [-0.39, 0.29) is 36.0 Å². The van der Waals surface area contributed by atoms with Crippen LogP contribution in [0, 0.1) is 5.92 Å². The molecule has 5 atom stereocenters. The molecule has 5 aromatic carbocycles. The minimum Gasteiger partial charge on any atom is -0.453 e. The number of amides is 4. The minimum absolute atomic E-state index is 0.0163. The fraction of sp³-hybridized carbons (Fsp3) is 0.353. The summed E-state index contributed by atoms with van der Waals surface area (Å²) in [7, 11) is 2.61. The summed E-state index contributed by atoms with van der Waals surface area (Å²) in [4.78, 5) is 64.8. The van der Waals surface area contributed by atoms with Crippen LogP contribution in [0.5, 0.6) is 0 Å². The summed E-state index contributed by atoms with van der Waals surface area (Å²) in [5, 5.41) is 17.4. The smallest absolute Gasteiger partial charge is 0.407 e. The van der Waals surface area contributed by atoms with Crippen molar-refractivity contribution in [2.75, 3.05) is 51.2 Å². The molecule has 5 heterocycles. The standard InChI is InChI=1S/C51H54N8O7/c1-64-50(62)56-43(30-8-4-3-5-9-30)48(60)58-22-6-10-41(58)46-52-29-40(54-46)37-15-14-33-26-32(12-13-34(33)28-37)35-16-18-38-36(27-35)17-19-39-45(38)55-47(53-39)42-11-7-23-59(42)49(61)44(57-51(63)65-2)31-20-24-66-25-21-31/h3-5,8-9,12-19,26-29,31,41-44,47,53,55H,6-7,10-11,20-25H2,1-2H3,(H,52,54)(H,56,62)(H,57,63)/t41-,42-,43+,44-,47?/m0/s1. The van der Waals surface area contributed by atoms with Gasteiger partial charge in [-0.1, -0.05) is 72.8 Å². The Morgan fingerprint density at radius 3 is 2.15 bits per heavy atom. The molecule has 1 unspecified atom stereocenters. The number of imidazole rings is 1. The second kappa shape index (κ2) is 18.4. The van der Waals surface area contributed by atoms with Crippen molar-refractivity contribution in [1.29, 1.82) is 0 Å². The Hall–Kier alpha value is -7.13. The van der Waals surface area contributed by atoms with Gasteiger partial charge in [0.25, 0.3) is 5.91 Å². The van der Waals surface area contributed by atoms with Crippen LogP contribution in [0.2, 0.25) is 0 Å². The number of benzene rings is 5. The van der Waals surface area contributed by atoms with E-state index in [2.05, 4.69) is 93.0 Å². The monoisotopic (exact) mass is 890 g/mol. The Bertz CT molecular complexity index is 2790. The highest BCUT2D eigenvalue weighted by atomic mass is 16.5. The van der Waals surface area contributed by atoms with Gasteiger partial charge in [-0.25, -0.2) is 14.6 Å². The van der Waals surface area contributed by atoms with Crippen molar-refractivity contribution in [2.45, 2.75) is 68.9 Å². The van der Waals surface area contributed by atoms with Gasteiger partial charge in [-0.3, -0.25) is 9.59 Å². The van der Waals surface area contributed by atoms with Crippen LogP contribution in [-0.2, 0) is 23.8 Å². The highest BCUT2D eigenvalue weighted by Gasteiger charge is 2.43. The predicted molar refractivity (Wildman–Crippen MR) is 252 cm³/mol. The zero-order chi connectivity index (χ0) is 45.3. The van der Waals surface area contributed by atoms with E-state index in [1.165, 1.54) is 14.2 Å². The molecule has 0 aliphatic carbocycles. The number of aromatic nitrogens is 2. The molecule has 3 fully saturated rings. The molecule has 4 aliphatic rings. The number of likely N-dealkylation sites (tertiary alicyclic amines) is 2. The first-order valence-corrected chi connectivity index (χ1v) is 22.9. The van der Waals surface area contributed by atoms with Crippen LogP contribution in [0.4, 0.5) is 21.0 Å². The maximum absolute atomic E-state index is 14.2. The fourth-order valence-corrected chi connectivity index (χ4v) is 10.4. The summed E-state index contributed by atoms with van der Waals surface area (Å²) < 4.78 is 15.3. The van der Waals surface area contributed by atoms with Gasteiger partial charge in [0.2, 0.25) is 5.91 Å². The molecule has 3 saturated heterocycles. The number of fused-ring (bicyclic) bond motifs is 4. The lowest BCUT2D eigenvalue weighted by atomic mass is 9.90. The molecule has 0 radical (unpaired) electrons. The second-order valence-corrected chi connectivity index (χ2v) is 17.6. The van der Waals surface area contributed by atoms with E-state index in [0.29, 0.717) is 50.5 Å². The maximum Gasteiger partial charge on any atom is 0.407 e. The molecule has 0 bridgehead atoms. The largest absolute Gasteiger partial charge is 0.453 e. The van der Waals surface area contributed by atoms with Gasteiger partial charge in [0.15, 0.2) is 0 Å². The number of hydrogen-bond acceptors (Lipinski definition) is 10. The van der Waals surface area contributed by atoms with Gasteiger partial charge in [-0.2, -0.15) is 0 Å². The second-order valence-electron chi connectivity index (χ2n) is 17.6. The Morgan fingerprint density at radius 1 is 0.712 bits per heavy atom. The first kappa shape index (κ1) is 42.8. The molecular formula is C51H54N8O7. The normalized spacial score (nSPS) is 20.3. The Morgan fingerprint density at radius 2 is 1.38 bits per heavy atom. The molecule has 10 rings (SSSR count). The molecular weight excluding hydrogens is 837 g/mol. The third kappa shape index (κ3) is 8.34. The fourth-order valence-electron chi connectivity index (χ4n) is 10.4. The Labute approximate surface area is 382 Å². The van der Waals surface area contributed by atoms with E-state index < -0.39 is 24.3 Å². The first-order chi connectivity index (χ1) is 32.3. The van der Waals surface area contributed by atoms with Crippen LogP contribution >= 0.6 is 0 Å². The number of H-pyrrole nitrogens is 1. The molecule has 15 heteroatoms. The minimum atomic E-state index is -0.883. The van der Waals surface area contributed by atoms with Crippen molar-refractivity contribution in [2.24, 2.45) is 5.92 Å². The highest BCUT2D eigenvalue weighted by Crippen LogP contribution is 2.41. The molecule has 0 saturated carbocycles. The van der Waals surface area contributed by atoms with Crippen molar-refractivity contribution >= 4 is 56.9 Å². The molecule has 6 aromatic rings. The van der Waals surface area contributed by atoms with Gasteiger partial charge in [-0.15, -0.1) is 0 Å². The zero-order valence-corrected chi connectivity index (χ0v) is 37.0. The maximum atomic E-state index is 14.2. The summed E-state index contributed by atoms with van der Waals surface area (Å²) in [6.07, 6.45) is 5.08. The molecule has 5 N–H and O–H groups in total. The predicted octanol–water partition coefficient (Wildman–Crippen LogP) is 8.12. The lowest BCUT2D eigenvalue weighted by Crippen LogP contribution is -2.57. The van der Waals surface area contributed by atoms with Crippen molar-refractivity contribution in [1.82, 2.24) is 30.4 Å². The number of ether oxygens (including phenoxy) is 3. The number of alkyl carbamates (subject to hydrolysis) is 2. The third-order valence-corrected chi connectivity index (χ3v) is 13.8. The highest BCUT2D eigenvalue weighted by molar-refractivity contribution is 6.04. The topological polar surface area (TPSA) is 179 Å². The first-order valence-electron chi connectivity index (χ1n) is 22.9. The van der Waals surface area contributed by atoms with Crippen LogP contribution in [0.25, 0.3) is 43.9 Å². The Kier molecular flexibility index (Phi) is 11.9. The van der Waals surface area contributed by atoms with E-state index in [1.54, 1.807) is 4.90 Å². The molecule has 1 aromatic heterocycles. The number of nitrogens with one attached hydrogen (secondary N) is 5. The summed E-state index contributed by atoms with van der Waals surface area (Å²) in [5.74, 6) is 0.411. The third-order valence-electron chi connectivity index (χ3n) is 13.8. The number of anilines is 2.